The van der Waals surface area contributed by atoms with Gasteiger partial charge in [0.2, 0.25) is 0 Å². The van der Waals surface area contributed by atoms with Gasteiger partial charge in [0.15, 0.2) is 6.61 Å². The minimum atomic E-state index is -0.508. The number of carbonyl (C=O) groups is 1. The molecule has 27 heavy (non-hydrogen) atoms. The number of hydrogen-bond donors (Lipinski definition) is 2. The topological polar surface area (TPSA) is 112 Å². The second-order valence-corrected chi connectivity index (χ2v) is 5.85. The Hall–Kier alpha value is -3.81. The van der Waals surface area contributed by atoms with Gasteiger partial charge in [-0.25, -0.2) is 9.48 Å². The van der Waals surface area contributed by atoms with Crippen LogP contribution in [0.2, 0.25) is 0 Å². The van der Waals surface area contributed by atoms with Crippen LogP contribution in [0.4, 0.5) is 5.82 Å². The smallest absolute Gasteiger partial charge is 0.343 e. The van der Waals surface area contributed by atoms with Crippen molar-refractivity contribution >= 4 is 33.6 Å². The minimum absolute atomic E-state index is 0.186. The molecule has 0 fully saturated rings. The van der Waals surface area contributed by atoms with Crippen LogP contribution in [0.1, 0.15) is 0 Å². The number of carbonyl (C=O) groups excluding carboxylic acids is 1. The number of nitrogens with two attached hydrogens (primary N) is 1. The summed E-state index contributed by atoms with van der Waals surface area (Å²) in [6, 6.07) is 14.3. The quantitative estimate of drug-likeness (QED) is 0.536. The van der Waals surface area contributed by atoms with Crippen LogP contribution in [0, 0.1) is 0 Å². The summed E-state index contributed by atoms with van der Waals surface area (Å²) in [7, 11) is 1.28. The molecule has 0 amide bonds. The fourth-order valence-electron chi connectivity index (χ4n) is 2.96. The summed E-state index contributed by atoms with van der Waals surface area (Å²) in [6.45, 7) is -0.252. The fourth-order valence-corrected chi connectivity index (χ4v) is 2.96. The molecule has 8 nitrogen and oxygen atoms in total. The number of ether oxygens (including phenoxy) is 2. The van der Waals surface area contributed by atoms with Crippen molar-refractivity contribution in [2.75, 3.05) is 19.5 Å². The summed E-state index contributed by atoms with van der Waals surface area (Å²) in [5, 5.41) is 5.64. The fraction of sp³-hybridized carbons (Fsp3) is 0.105. The zero-order valence-electron chi connectivity index (χ0n) is 14.4. The molecule has 0 saturated heterocycles. The van der Waals surface area contributed by atoms with Crippen LogP contribution in [-0.2, 0) is 9.53 Å². The number of para-hydroxylation sites is 3. The average Bonchev–Trinajstić information content (AvgIpc) is 3.04. The number of esters is 1. The van der Waals surface area contributed by atoms with Crippen LogP contribution in [0.25, 0.3) is 27.5 Å². The number of rotatable bonds is 4. The lowest BCUT2D eigenvalue weighted by Crippen LogP contribution is -2.14. The van der Waals surface area contributed by atoms with Gasteiger partial charge in [0.25, 0.3) is 5.56 Å². The van der Waals surface area contributed by atoms with Gasteiger partial charge in [-0.15, -0.1) is 0 Å². The monoisotopic (exact) mass is 364 g/mol. The molecule has 4 aromatic rings. The molecule has 3 N–H and O–H groups in total. The lowest BCUT2D eigenvalue weighted by atomic mass is 10.1. The highest BCUT2D eigenvalue weighted by molar-refractivity contribution is 6.06. The van der Waals surface area contributed by atoms with Gasteiger partial charge in [-0.05, 0) is 18.2 Å². The van der Waals surface area contributed by atoms with Crippen molar-refractivity contribution in [2.24, 2.45) is 0 Å². The third kappa shape index (κ3) is 2.77. The molecule has 0 bridgehead atoms. The molecule has 2 heterocycles. The number of benzene rings is 2. The Balaban J connectivity index is 1.92. The maximum absolute atomic E-state index is 12.5. The number of fused-ring (bicyclic) bond motifs is 3. The summed E-state index contributed by atoms with van der Waals surface area (Å²) in [4.78, 5) is 26.7. The highest BCUT2D eigenvalue weighted by atomic mass is 16.6. The van der Waals surface area contributed by atoms with Crippen molar-refractivity contribution in [3.8, 4) is 11.4 Å². The molecule has 4 rings (SSSR count). The maximum Gasteiger partial charge on any atom is 0.343 e. The number of pyridine rings is 1. The normalized spacial score (nSPS) is 11.0. The van der Waals surface area contributed by atoms with Crippen molar-refractivity contribution < 1.29 is 14.3 Å². The summed E-state index contributed by atoms with van der Waals surface area (Å²) in [5.41, 5.74) is 7.61. The number of aromatic nitrogens is 3. The van der Waals surface area contributed by atoms with Crippen molar-refractivity contribution in [3.63, 3.8) is 0 Å². The van der Waals surface area contributed by atoms with Crippen molar-refractivity contribution in [3.05, 3.63) is 58.9 Å². The third-order valence-electron chi connectivity index (χ3n) is 4.25. The molecular formula is C19H16N4O4. The number of nitrogens with one attached hydrogen (secondary N) is 1. The number of nitrogen functional groups attached to an aromatic ring is 1. The second kappa shape index (κ2) is 6.49. The van der Waals surface area contributed by atoms with Crippen LogP contribution in [-0.4, -0.2) is 34.5 Å². The molecule has 0 unspecified atom stereocenters. The predicted octanol–water partition coefficient (Wildman–Crippen LogP) is 2.00. The van der Waals surface area contributed by atoms with Gasteiger partial charge in [-0.2, -0.15) is 5.10 Å². The Kier molecular flexibility index (Phi) is 4.00. The number of aromatic amines is 1. The first-order chi connectivity index (χ1) is 13.1. The minimum Gasteiger partial charge on any atom is -0.480 e. The van der Waals surface area contributed by atoms with Crippen molar-refractivity contribution in [1.29, 1.82) is 0 Å². The Labute approximate surface area is 153 Å². The van der Waals surface area contributed by atoms with E-state index in [1.807, 2.05) is 18.2 Å². The Morgan fingerprint density at radius 3 is 2.74 bits per heavy atom. The van der Waals surface area contributed by atoms with Crippen molar-refractivity contribution in [1.82, 2.24) is 14.8 Å². The van der Waals surface area contributed by atoms with Gasteiger partial charge in [0, 0.05) is 5.39 Å². The second-order valence-electron chi connectivity index (χ2n) is 5.85. The molecule has 8 heteroatoms. The molecule has 0 spiro atoms. The predicted molar refractivity (Wildman–Crippen MR) is 101 cm³/mol. The molecular weight excluding hydrogens is 348 g/mol. The highest BCUT2D eigenvalue weighted by Gasteiger charge is 2.18. The maximum atomic E-state index is 12.5. The van der Waals surface area contributed by atoms with Crippen LogP contribution in [0.15, 0.2) is 53.3 Å². The number of H-pyrrole nitrogens is 1. The van der Waals surface area contributed by atoms with Gasteiger partial charge in [0.05, 0.1) is 12.6 Å². The number of anilines is 1. The number of methoxy groups -OCH3 is 1. The zero-order valence-corrected chi connectivity index (χ0v) is 14.4. The summed E-state index contributed by atoms with van der Waals surface area (Å²) < 4.78 is 11.6. The summed E-state index contributed by atoms with van der Waals surface area (Å²) in [5.74, 6) is 0.0695. The van der Waals surface area contributed by atoms with Crippen molar-refractivity contribution in [2.45, 2.75) is 0 Å². The molecule has 0 aliphatic heterocycles. The molecule has 136 valence electrons. The third-order valence-corrected chi connectivity index (χ3v) is 4.25. The van der Waals surface area contributed by atoms with E-state index >= 15 is 0 Å². The Morgan fingerprint density at radius 2 is 1.93 bits per heavy atom. The van der Waals surface area contributed by atoms with E-state index in [4.69, 9.17) is 10.5 Å². The highest BCUT2D eigenvalue weighted by Crippen LogP contribution is 2.30. The molecule has 2 aromatic carbocycles. The summed E-state index contributed by atoms with van der Waals surface area (Å²) in [6.07, 6.45) is 0. The average molecular weight is 364 g/mol. The SMILES string of the molecule is COC(=O)COc1ccccc1-n1nc2c(c1N)c(=O)[nH]c1ccccc12. The van der Waals surface area contributed by atoms with Gasteiger partial charge in [-0.3, -0.25) is 4.79 Å². The standard InChI is InChI=1S/C19H16N4O4/c1-26-15(24)10-27-14-9-5-4-8-13(14)23-18(20)16-17(22-23)11-6-2-3-7-12(11)21-19(16)25/h2-9H,10,20H2,1H3,(H,21,25). The first-order valence-electron chi connectivity index (χ1n) is 8.18. The van der Waals surface area contributed by atoms with E-state index in [0.717, 1.165) is 5.39 Å². The Bertz CT molecular complexity index is 1230. The van der Waals surface area contributed by atoms with E-state index in [-0.39, 0.29) is 18.0 Å². The first-order valence-corrected chi connectivity index (χ1v) is 8.18. The van der Waals surface area contributed by atoms with E-state index in [1.165, 1.54) is 11.8 Å². The van der Waals surface area contributed by atoms with E-state index < -0.39 is 5.97 Å². The number of hydrogen-bond acceptors (Lipinski definition) is 6. The van der Waals surface area contributed by atoms with E-state index in [2.05, 4.69) is 14.8 Å². The van der Waals surface area contributed by atoms with Crippen LogP contribution in [0.5, 0.6) is 5.75 Å². The largest absolute Gasteiger partial charge is 0.480 e. The van der Waals surface area contributed by atoms with Gasteiger partial charge in [-0.1, -0.05) is 30.3 Å². The zero-order chi connectivity index (χ0) is 19.0. The number of nitrogens with zero attached hydrogens (tertiary/aromatic N) is 2. The van der Waals surface area contributed by atoms with Crippen LogP contribution < -0.4 is 16.0 Å². The molecule has 0 saturated carbocycles. The van der Waals surface area contributed by atoms with Crippen LogP contribution >= 0.6 is 0 Å². The van der Waals surface area contributed by atoms with Gasteiger partial charge < -0.3 is 20.2 Å². The molecule has 0 aliphatic carbocycles. The van der Waals surface area contributed by atoms with E-state index in [9.17, 15) is 9.59 Å². The molecule has 0 atom stereocenters. The van der Waals surface area contributed by atoms with E-state index in [1.54, 1.807) is 30.3 Å². The summed E-state index contributed by atoms with van der Waals surface area (Å²) >= 11 is 0. The van der Waals surface area contributed by atoms with Crippen LogP contribution in [0.3, 0.4) is 0 Å². The Morgan fingerprint density at radius 1 is 1.19 bits per heavy atom. The molecule has 0 radical (unpaired) electrons. The lowest BCUT2D eigenvalue weighted by Gasteiger charge is -2.11. The van der Waals surface area contributed by atoms with Gasteiger partial charge >= 0.3 is 5.97 Å². The van der Waals surface area contributed by atoms with E-state index in [0.29, 0.717) is 27.9 Å². The lowest BCUT2D eigenvalue weighted by molar-refractivity contribution is -0.142. The molecule has 2 aromatic heterocycles. The first kappa shape index (κ1) is 16.6. The van der Waals surface area contributed by atoms with Gasteiger partial charge in [0.1, 0.15) is 28.2 Å². The molecule has 0 aliphatic rings.